The van der Waals surface area contributed by atoms with Gasteiger partial charge < -0.3 is 9.47 Å². The number of ether oxygens (including phenoxy) is 2. The van der Waals surface area contributed by atoms with Gasteiger partial charge in [-0.05, 0) is 42.8 Å². The first-order valence-corrected chi connectivity index (χ1v) is 8.09. The average molecular weight is 368 g/mol. The lowest BCUT2D eigenvalue weighted by atomic mass is 10.1. The Hall–Kier alpha value is -3.17. The molecule has 26 heavy (non-hydrogen) atoms. The van der Waals surface area contributed by atoms with Crippen LogP contribution in [0.2, 0.25) is 5.02 Å². The molecule has 0 radical (unpaired) electrons. The van der Waals surface area contributed by atoms with Gasteiger partial charge in [-0.1, -0.05) is 23.7 Å². The van der Waals surface area contributed by atoms with Crippen molar-refractivity contribution in [3.63, 3.8) is 0 Å². The minimum Gasteiger partial charge on any atom is -0.468 e. The highest BCUT2D eigenvalue weighted by Crippen LogP contribution is 2.31. The van der Waals surface area contributed by atoms with Crippen LogP contribution in [0.1, 0.15) is 17.2 Å². The van der Waals surface area contributed by atoms with Crippen molar-refractivity contribution in [2.45, 2.75) is 12.8 Å². The summed E-state index contributed by atoms with van der Waals surface area (Å²) in [5.74, 6) is -1.43. The Bertz CT molecular complexity index is 1030. The fraction of sp³-hybridized carbons (Fsp3) is 0.158. The number of methoxy groups -OCH3 is 1. The van der Waals surface area contributed by atoms with E-state index in [1.165, 1.54) is 7.11 Å². The maximum absolute atomic E-state index is 12.0. The summed E-state index contributed by atoms with van der Waals surface area (Å²) in [7, 11) is 1.21. The summed E-state index contributed by atoms with van der Waals surface area (Å²) >= 11 is 6.04. The van der Waals surface area contributed by atoms with Crippen molar-refractivity contribution in [1.29, 1.82) is 5.26 Å². The van der Waals surface area contributed by atoms with E-state index in [0.717, 1.165) is 5.56 Å². The van der Waals surface area contributed by atoms with E-state index in [9.17, 15) is 10.1 Å². The van der Waals surface area contributed by atoms with Crippen LogP contribution in [0.15, 0.2) is 42.5 Å². The summed E-state index contributed by atoms with van der Waals surface area (Å²) in [4.78, 5) is 20.8. The van der Waals surface area contributed by atoms with Gasteiger partial charge in [0.1, 0.15) is 11.4 Å². The second kappa shape index (κ2) is 7.38. The van der Waals surface area contributed by atoms with Crippen molar-refractivity contribution in [1.82, 2.24) is 9.97 Å². The molecule has 0 saturated carbocycles. The largest absolute Gasteiger partial charge is 0.468 e. The zero-order valence-electron chi connectivity index (χ0n) is 14.1. The number of benzene rings is 2. The predicted molar refractivity (Wildman–Crippen MR) is 96.2 cm³/mol. The molecule has 0 spiro atoms. The molecule has 3 aromatic rings. The highest BCUT2D eigenvalue weighted by atomic mass is 35.5. The molecule has 0 N–H and O–H groups in total. The molecule has 0 saturated heterocycles. The average Bonchev–Trinajstić information content (AvgIpc) is 2.65. The smallest absolute Gasteiger partial charge is 0.329 e. The monoisotopic (exact) mass is 367 g/mol. The van der Waals surface area contributed by atoms with Crippen LogP contribution in [0, 0.1) is 18.3 Å². The number of aryl methyl sites for hydroxylation is 1. The molecule has 0 amide bonds. The lowest BCUT2D eigenvalue weighted by Gasteiger charge is -2.13. The second-order valence-electron chi connectivity index (χ2n) is 5.50. The number of carbonyl (C=O) groups excluding carboxylic acids is 1. The van der Waals surface area contributed by atoms with Crippen LogP contribution >= 0.6 is 11.6 Å². The van der Waals surface area contributed by atoms with Crippen LogP contribution in [-0.2, 0) is 9.53 Å². The van der Waals surface area contributed by atoms with E-state index in [4.69, 9.17) is 21.1 Å². The van der Waals surface area contributed by atoms with Crippen molar-refractivity contribution in [2.24, 2.45) is 0 Å². The number of fused-ring (bicyclic) bond motifs is 1. The molecule has 130 valence electrons. The van der Waals surface area contributed by atoms with Crippen molar-refractivity contribution in [3.8, 4) is 17.7 Å². The number of para-hydroxylation sites is 2. The number of nitrogens with zero attached hydrogens (tertiary/aromatic N) is 3. The number of carbonyl (C=O) groups is 1. The number of nitriles is 1. The molecule has 0 bridgehead atoms. The molecule has 0 fully saturated rings. The third-order valence-corrected chi connectivity index (χ3v) is 4.17. The SMILES string of the molecule is COC(=O)[C@@H](C#N)c1nc2ccccc2nc1Oc1ccc(Cl)c(C)c1. The minimum absolute atomic E-state index is 0.0716. The molecule has 7 heteroatoms. The van der Waals surface area contributed by atoms with E-state index < -0.39 is 11.9 Å². The first kappa shape index (κ1) is 17.6. The minimum atomic E-state index is -1.25. The summed E-state index contributed by atoms with van der Waals surface area (Å²) in [5.41, 5.74) is 2.06. The Labute approximate surface area is 155 Å². The van der Waals surface area contributed by atoms with Crippen LogP contribution in [-0.4, -0.2) is 23.0 Å². The van der Waals surface area contributed by atoms with Gasteiger partial charge in [-0.3, -0.25) is 4.79 Å². The zero-order valence-corrected chi connectivity index (χ0v) is 14.8. The van der Waals surface area contributed by atoms with Gasteiger partial charge in [0.25, 0.3) is 0 Å². The molecule has 0 aliphatic rings. The highest BCUT2D eigenvalue weighted by Gasteiger charge is 2.28. The topological polar surface area (TPSA) is 85.1 Å². The van der Waals surface area contributed by atoms with Crippen LogP contribution in [0.5, 0.6) is 11.6 Å². The zero-order chi connectivity index (χ0) is 18.7. The standard InChI is InChI=1S/C19H14ClN3O3/c1-11-9-12(7-8-14(11)20)26-18-17(13(10-21)19(24)25-2)22-15-5-3-4-6-16(15)23-18/h3-9,13H,1-2H3/t13-/m0/s1. The Morgan fingerprint density at radius 1 is 1.19 bits per heavy atom. The second-order valence-corrected chi connectivity index (χ2v) is 5.91. The molecule has 2 aromatic carbocycles. The summed E-state index contributed by atoms with van der Waals surface area (Å²) < 4.78 is 10.5. The lowest BCUT2D eigenvalue weighted by Crippen LogP contribution is -2.15. The number of halogens is 1. The van der Waals surface area contributed by atoms with E-state index >= 15 is 0 Å². The molecule has 6 nitrogen and oxygen atoms in total. The predicted octanol–water partition coefficient (Wildman–Crippen LogP) is 4.16. The Morgan fingerprint density at radius 2 is 1.88 bits per heavy atom. The molecule has 0 aliphatic carbocycles. The van der Waals surface area contributed by atoms with E-state index in [-0.39, 0.29) is 11.6 Å². The fourth-order valence-electron chi connectivity index (χ4n) is 2.40. The molecule has 1 aromatic heterocycles. The van der Waals surface area contributed by atoms with Gasteiger partial charge in [0.15, 0.2) is 5.92 Å². The van der Waals surface area contributed by atoms with Gasteiger partial charge in [0.2, 0.25) is 5.88 Å². The van der Waals surface area contributed by atoms with Crippen molar-refractivity contribution >= 4 is 28.6 Å². The summed E-state index contributed by atoms with van der Waals surface area (Å²) in [6.07, 6.45) is 0. The van der Waals surface area contributed by atoms with E-state index in [1.807, 2.05) is 19.1 Å². The normalized spacial score (nSPS) is 11.6. The Balaban J connectivity index is 2.14. The molecule has 0 unspecified atom stereocenters. The van der Waals surface area contributed by atoms with Crippen molar-refractivity contribution in [2.75, 3.05) is 7.11 Å². The molecule has 1 heterocycles. The highest BCUT2D eigenvalue weighted by molar-refractivity contribution is 6.31. The van der Waals surface area contributed by atoms with Crippen LogP contribution in [0.4, 0.5) is 0 Å². The summed E-state index contributed by atoms with van der Waals surface area (Å²) in [6.45, 7) is 1.84. The first-order chi connectivity index (χ1) is 12.5. The maximum Gasteiger partial charge on any atom is 0.329 e. The van der Waals surface area contributed by atoms with Gasteiger partial charge in [-0.25, -0.2) is 9.97 Å². The lowest BCUT2D eigenvalue weighted by molar-refractivity contribution is -0.141. The first-order valence-electron chi connectivity index (χ1n) is 7.71. The fourth-order valence-corrected chi connectivity index (χ4v) is 2.51. The van der Waals surface area contributed by atoms with E-state index in [2.05, 4.69) is 9.97 Å². The number of rotatable bonds is 4. The molecule has 0 aliphatic heterocycles. The van der Waals surface area contributed by atoms with Crippen LogP contribution in [0.25, 0.3) is 11.0 Å². The number of hydrogen-bond acceptors (Lipinski definition) is 6. The molecular weight excluding hydrogens is 354 g/mol. The van der Waals surface area contributed by atoms with Gasteiger partial charge in [0.05, 0.1) is 24.2 Å². The van der Waals surface area contributed by atoms with Gasteiger partial charge in [-0.15, -0.1) is 0 Å². The molecule has 3 rings (SSSR count). The number of hydrogen-bond donors (Lipinski definition) is 0. The Morgan fingerprint density at radius 3 is 2.50 bits per heavy atom. The number of aromatic nitrogens is 2. The third-order valence-electron chi connectivity index (χ3n) is 3.75. The summed E-state index contributed by atoms with van der Waals surface area (Å²) in [5, 5.41) is 10.0. The van der Waals surface area contributed by atoms with Crippen molar-refractivity contribution < 1.29 is 14.3 Å². The van der Waals surface area contributed by atoms with E-state index in [0.29, 0.717) is 21.8 Å². The van der Waals surface area contributed by atoms with Crippen LogP contribution in [0.3, 0.4) is 0 Å². The van der Waals surface area contributed by atoms with Gasteiger partial charge in [0, 0.05) is 5.02 Å². The molecular formula is C19H14ClN3O3. The molecule has 1 atom stereocenters. The van der Waals surface area contributed by atoms with E-state index in [1.54, 1.807) is 36.4 Å². The number of esters is 1. The Kier molecular flexibility index (Phi) is 5.01. The van der Waals surface area contributed by atoms with Crippen LogP contribution < -0.4 is 4.74 Å². The summed E-state index contributed by atoms with van der Waals surface area (Å²) in [6, 6.07) is 14.1. The van der Waals surface area contributed by atoms with Gasteiger partial charge in [-0.2, -0.15) is 5.26 Å². The van der Waals surface area contributed by atoms with Crippen molar-refractivity contribution in [3.05, 3.63) is 58.7 Å². The van der Waals surface area contributed by atoms with Gasteiger partial charge >= 0.3 is 5.97 Å². The maximum atomic E-state index is 12.0. The quantitative estimate of drug-likeness (QED) is 0.643. The third kappa shape index (κ3) is 3.44.